The summed E-state index contributed by atoms with van der Waals surface area (Å²) in [4.78, 5) is 12.5. The number of amides is 1. The standard InChI is InChI=1S/C14H12N2O3S/c17-11(8-15-14(18)10-5-6-19-16-10)13-7-9-3-1-2-4-12(9)20-13/h1-7,11,17H,8H2,(H,15,18)/t11-/m1/s1. The molecule has 0 aliphatic heterocycles. The number of nitrogens with one attached hydrogen (secondary N) is 1. The Labute approximate surface area is 118 Å². The van der Waals surface area contributed by atoms with Gasteiger partial charge in [0.2, 0.25) is 0 Å². The highest BCUT2D eigenvalue weighted by atomic mass is 32.1. The maximum Gasteiger partial charge on any atom is 0.273 e. The van der Waals surface area contributed by atoms with Gasteiger partial charge in [-0.1, -0.05) is 23.4 Å². The number of hydrogen-bond donors (Lipinski definition) is 2. The van der Waals surface area contributed by atoms with E-state index in [-0.39, 0.29) is 18.1 Å². The third kappa shape index (κ3) is 2.56. The van der Waals surface area contributed by atoms with Gasteiger partial charge in [0.15, 0.2) is 5.69 Å². The predicted octanol–water partition coefficient (Wildman–Crippen LogP) is 2.35. The largest absolute Gasteiger partial charge is 0.386 e. The van der Waals surface area contributed by atoms with Crippen molar-refractivity contribution in [2.45, 2.75) is 6.10 Å². The van der Waals surface area contributed by atoms with E-state index in [1.165, 1.54) is 23.7 Å². The summed E-state index contributed by atoms with van der Waals surface area (Å²) < 4.78 is 5.71. The van der Waals surface area contributed by atoms with Crippen molar-refractivity contribution in [3.8, 4) is 0 Å². The summed E-state index contributed by atoms with van der Waals surface area (Å²) in [5.74, 6) is -0.362. The van der Waals surface area contributed by atoms with E-state index in [9.17, 15) is 9.90 Å². The molecule has 3 aromatic rings. The van der Waals surface area contributed by atoms with Gasteiger partial charge < -0.3 is 14.9 Å². The number of benzene rings is 1. The minimum atomic E-state index is -0.733. The Bertz CT molecular complexity index is 688. The van der Waals surface area contributed by atoms with E-state index in [4.69, 9.17) is 0 Å². The van der Waals surface area contributed by atoms with Gasteiger partial charge in [-0.15, -0.1) is 11.3 Å². The second kappa shape index (κ2) is 5.44. The molecule has 1 aromatic carbocycles. The van der Waals surface area contributed by atoms with Gasteiger partial charge in [0.1, 0.15) is 12.4 Å². The smallest absolute Gasteiger partial charge is 0.273 e. The molecule has 5 nitrogen and oxygen atoms in total. The number of thiophene rings is 1. The monoisotopic (exact) mass is 288 g/mol. The lowest BCUT2D eigenvalue weighted by Crippen LogP contribution is -2.28. The predicted molar refractivity (Wildman–Crippen MR) is 75.6 cm³/mol. The zero-order chi connectivity index (χ0) is 13.9. The fourth-order valence-electron chi connectivity index (χ4n) is 1.88. The fourth-order valence-corrected chi connectivity index (χ4v) is 2.93. The van der Waals surface area contributed by atoms with Gasteiger partial charge in [-0.05, 0) is 17.5 Å². The third-order valence-corrected chi connectivity index (χ3v) is 4.12. The number of hydrogen-bond acceptors (Lipinski definition) is 5. The number of carbonyl (C=O) groups is 1. The SMILES string of the molecule is O=C(NC[C@@H](O)c1cc2ccccc2s1)c1ccon1. The van der Waals surface area contributed by atoms with Crippen LogP contribution in [0, 0.1) is 0 Å². The molecule has 0 saturated heterocycles. The molecular formula is C14H12N2O3S. The summed E-state index contributed by atoms with van der Waals surface area (Å²) in [6.07, 6.45) is 0.598. The lowest BCUT2D eigenvalue weighted by Gasteiger charge is -2.08. The topological polar surface area (TPSA) is 75.4 Å². The van der Waals surface area contributed by atoms with Gasteiger partial charge in [0.05, 0.1) is 0 Å². The fraction of sp³-hybridized carbons (Fsp3) is 0.143. The number of aliphatic hydroxyl groups excluding tert-OH is 1. The second-order valence-electron chi connectivity index (χ2n) is 4.30. The molecule has 1 amide bonds. The Morgan fingerprint density at radius 1 is 1.40 bits per heavy atom. The van der Waals surface area contributed by atoms with Gasteiger partial charge in [-0.3, -0.25) is 4.79 Å². The minimum Gasteiger partial charge on any atom is -0.386 e. The maximum absolute atomic E-state index is 11.7. The molecule has 1 atom stereocenters. The van der Waals surface area contributed by atoms with Gasteiger partial charge >= 0.3 is 0 Å². The molecule has 0 spiro atoms. The minimum absolute atomic E-state index is 0.137. The zero-order valence-corrected chi connectivity index (χ0v) is 11.3. The quantitative estimate of drug-likeness (QED) is 0.772. The first-order valence-corrected chi connectivity index (χ1v) is 6.91. The number of fused-ring (bicyclic) bond motifs is 1. The molecule has 0 radical (unpaired) electrons. The molecule has 2 aromatic heterocycles. The number of rotatable bonds is 4. The van der Waals surface area contributed by atoms with E-state index in [1.807, 2.05) is 30.3 Å². The van der Waals surface area contributed by atoms with Crippen LogP contribution >= 0.6 is 11.3 Å². The van der Waals surface area contributed by atoms with Crippen LogP contribution in [0.25, 0.3) is 10.1 Å². The molecule has 0 aliphatic rings. The Morgan fingerprint density at radius 2 is 2.25 bits per heavy atom. The molecule has 6 heteroatoms. The van der Waals surface area contributed by atoms with Gasteiger partial charge in [-0.25, -0.2) is 0 Å². The Balaban J connectivity index is 1.67. The summed E-state index contributed by atoms with van der Waals surface area (Å²) in [6.45, 7) is 0.137. The van der Waals surface area contributed by atoms with Crippen LogP contribution in [0.1, 0.15) is 21.5 Å². The van der Waals surface area contributed by atoms with E-state index in [0.29, 0.717) is 0 Å². The third-order valence-electron chi connectivity index (χ3n) is 2.90. The molecule has 20 heavy (non-hydrogen) atoms. The van der Waals surface area contributed by atoms with Crippen LogP contribution in [0.3, 0.4) is 0 Å². The van der Waals surface area contributed by atoms with Crippen molar-refractivity contribution in [1.82, 2.24) is 10.5 Å². The molecule has 0 bridgehead atoms. The molecule has 0 fully saturated rings. The van der Waals surface area contributed by atoms with E-state index in [2.05, 4.69) is 15.0 Å². The lowest BCUT2D eigenvalue weighted by atomic mass is 10.2. The van der Waals surface area contributed by atoms with Crippen LogP contribution < -0.4 is 5.32 Å². The van der Waals surface area contributed by atoms with E-state index < -0.39 is 6.10 Å². The Hall–Kier alpha value is -2.18. The van der Waals surface area contributed by atoms with Crippen LogP contribution in [0.4, 0.5) is 0 Å². The number of carbonyl (C=O) groups excluding carboxylic acids is 1. The van der Waals surface area contributed by atoms with Gasteiger partial charge in [-0.2, -0.15) is 0 Å². The normalized spacial score (nSPS) is 12.4. The summed E-state index contributed by atoms with van der Waals surface area (Å²) in [7, 11) is 0. The number of nitrogens with zero attached hydrogens (tertiary/aromatic N) is 1. The van der Waals surface area contributed by atoms with Crippen LogP contribution in [0.5, 0.6) is 0 Å². The van der Waals surface area contributed by atoms with E-state index in [1.54, 1.807) is 0 Å². The molecule has 0 unspecified atom stereocenters. The first-order chi connectivity index (χ1) is 9.74. The highest BCUT2D eigenvalue weighted by Crippen LogP contribution is 2.29. The average molecular weight is 288 g/mol. The van der Waals surface area contributed by atoms with Crippen molar-refractivity contribution in [2.75, 3.05) is 6.54 Å². The van der Waals surface area contributed by atoms with Crippen molar-refractivity contribution >= 4 is 27.3 Å². The maximum atomic E-state index is 11.7. The number of aromatic nitrogens is 1. The van der Waals surface area contributed by atoms with Crippen molar-refractivity contribution in [2.24, 2.45) is 0 Å². The summed E-state index contributed by atoms with van der Waals surface area (Å²) in [5.41, 5.74) is 0.202. The second-order valence-corrected chi connectivity index (χ2v) is 5.41. The van der Waals surface area contributed by atoms with Crippen LogP contribution in [-0.2, 0) is 0 Å². The molecule has 3 rings (SSSR count). The zero-order valence-electron chi connectivity index (χ0n) is 10.4. The highest BCUT2D eigenvalue weighted by molar-refractivity contribution is 7.19. The van der Waals surface area contributed by atoms with Crippen LogP contribution in [0.15, 0.2) is 47.2 Å². The van der Waals surface area contributed by atoms with E-state index in [0.717, 1.165) is 15.0 Å². The summed E-state index contributed by atoms with van der Waals surface area (Å²) in [5, 5.41) is 17.4. The molecule has 0 saturated carbocycles. The van der Waals surface area contributed by atoms with Crippen LogP contribution in [-0.4, -0.2) is 22.7 Å². The average Bonchev–Trinajstić information content (AvgIpc) is 3.12. The molecular weight excluding hydrogens is 276 g/mol. The van der Waals surface area contributed by atoms with Crippen molar-refractivity contribution < 1.29 is 14.4 Å². The summed E-state index contributed by atoms with van der Waals surface area (Å²) in [6, 6.07) is 11.3. The van der Waals surface area contributed by atoms with Gasteiger partial charge in [0, 0.05) is 22.2 Å². The summed E-state index contributed by atoms with van der Waals surface area (Å²) >= 11 is 1.52. The number of aliphatic hydroxyl groups is 1. The molecule has 102 valence electrons. The van der Waals surface area contributed by atoms with Crippen molar-refractivity contribution in [3.05, 3.63) is 53.2 Å². The highest BCUT2D eigenvalue weighted by Gasteiger charge is 2.14. The van der Waals surface area contributed by atoms with Gasteiger partial charge in [0.25, 0.3) is 5.91 Å². The van der Waals surface area contributed by atoms with E-state index >= 15 is 0 Å². The molecule has 2 N–H and O–H groups in total. The molecule has 2 heterocycles. The lowest BCUT2D eigenvalue weighted by molar-refractivity contribution is 0.0909. The van der Waals surface area contributed by atoms with Crippen molar-refractivity contribution in [1.29, 1.82) is 0 Å². The first kappa shape index (κ1) is 12.8. The van der Waals surface area contributed by atoms with Crippen LogP contribution in [0.2, 0.25) is 0 Å². The van der Waals surface area contributed by atoms with Crippen molar-refractivity contribution in [3.63, 3.8) is 0 Å². The molecule has 0 aliphatic carbocycles. The Kier molecular flexibility index (Phi) is 3.49. The Morgan fingerprint density at radius 3 is 3.00 bits per heavy atom. The first-order valence-electron chi connectivity index (χ1n) is 6.09.